The van der Waals surface area contributed by atoms with Crippen LogP contribution in [0.2, 0.25) is 0 Å². The molecule has 1 aromatic heterocycles. The lowest BCUT2D eigenvalue weighted by Crippen LogP contribution is -2.53. The first-order chi connectivity index (χ1) is 16.3. The second kappa shape index (κ2) is 9.25. The number of alkyl halides is 3. The summed E-state index contributed by atoms with van der Waals surface area (Å²) in [4.78, 5) is 31.6. The fourth-order valence-electron chi connectivity index (χ4n) is 4.77. The highest BCUT2D eigenvalue weighted by molar-refractivity contribution is 7.99. The van der Waals surface area contributed by atoms with E-state index < -0.39 is 35.2 Å². The molecule has 2 unspecified atom stereocenters. The number of hydrogen-bond acceptors (Lipinski definition) is 5. The Labute approximate surface area is 205 Å². The minimum Gasteiger partial charge on any atom is -0.465 e. The number of carbonyl (C=O) groups excluding carboxylic acids is 1. The SMILES string of the molecule is CC(C)(C)N(C(=O)O)C1CCCC(C(=O)Nc2cc(C(F)(F)F)cc3c2Nc2ccncc2S3)C1. The summed E-state index contributed by atoms with van der Waals surface area (Å²) in [5.41, 5.74) is -0.377. The van der Waals surface area contributed by atoms with Crippen LogP contribution in [0.25, 0.3) is 0 Å². The van der Waals surface area contributed by atoms with Gasteiger partial charge in [-0.15, -0.1) is 0 Å². The molecular weight excluding hydrogens is 481 g/mol. The van der Waals surface area contributed by atoms with Crippen molar-refractivity contribution in [1.29, 1.82) is 0 Å². The number of nitrogens with zero attached hydrogens (tertiary/aromatic N) is 2. The second-order valence-corrected chi connectivity index (χ2v) is 10.9. The maximum absolute atomic E-state index is 13.6. The van der Waals surface area contributed by atoms with E-state index in [0.717, 1.165) is 23.9 Å². The summed E-state index contributed by atoms with van der Waals surface area (Å²) in [5, 5.41) is 15.6. The predicted molar refractivity (Wildman–Crippen MR) is 127 cm³/mol. The number of fused-ring (bicyclic) bond motifs is 2. The number of carbonyl (C=O) groups is 2. The van der Waals surface area contributed by atoms with E-state index in [2.05, 4.69) is 15.6 Å². The minimum absolute atomic E-state index is 0.0443. The lowest BCUT2D eigenvalue weighted by Gasteiger charge is -2.42. The fraction of sp³-hybridized carbons (Fsp3) is 0.458. The number of amides is 2. The Morgan fingerprint density at radius 1 is 1.20 bits per heavy atom. The van der Waals surface area contributed by atoms with E-state index in [1.165, 1.54) is 4.90 Å². The number of nitrogens with one attached hydrogen (secondary N) is 2. The molecule has 35 heavy (non-hydrogen) atoms. The molecule has 188 valence electrons. The highest BCUT2D eigenvalue weighted by Crippen LogP contribution is 2.49. The third-order valence-electron chi connectivity index (χ3n) is 6.26. The Morgan fingerprint density at radius 2 is 1.94 bits per heavy atom. The van der Waals surface area contributed by atoms with Gasteiger partial charge in [0.05, 0.1) is 27.5 Å². The molecule has 0 saturated heterocycles. The second-order valence-electron chi connectivity index (χ2n) is 9.82. The molecule has 2 amide bonds. The lowest BCUT2D eigenvalue weighted by molar-refractivity contribution is -0.137. The van der Waals surface area contributed by atoms with Gasteiger partial charge in [0.2, 0.25) is 5.91 Å². The molecule has 4 rings (SSSR count). The van der Waals surface area contributed by atoms with Crippen LogP contribution in [0.3, 0.4) is 0 Å². The molecule has 1 fully saturated rings. The van der Waals surface area contributed by atoms with E-state index in [-0.39, 0.29) is 11.7 Å². The molecule has 3 N–H and O–H groups in total. The summed E-state index contributed by atoms with van der Waals surface area (Å²) in [6.45, 7) is 5.41. The van der Waals surface area contributed by atoms with Crippen LogP contribution in [-0.4, -0.2) is 38.6 Å². The van der Waals surface area contributed by atoms with Gasteiger partial charge in [0.15, 0.2) is 0 Å². The van der Waals surface area contributed by atoms with Gasteiger partial charge in [0, 0.05) is 34.8 Å². The predicted octanol–water partition coefficient (Wildman–Crippen LogP) is 6.58. The summed E-state index contributed by atoms with van der Waals surface area (Å²) in [6, 6.07) is 3.37. The first kappa shape index (κ1) is 25.2. The van der Waals surface area contributed by atoms with Gasteiger partial charge in [-0.1, -0.05) is 18.2 Å². The molecule has 1 aromatic carbocycles. The topological polar surface area (TPSA) is 94.6 Å². The minimum atomic E-state index is -4.59. The van der Waals surface area contributed by atoms with Crippen molar-refractivity contribution in [1.82, 2.24) is 9.88 Å². The highest BCUT2D eigenvalue weighted by Gasteiger charge is 2.39. The van der Waals surface area contributed by atoms with Gasteiger partial charge in [-0.05, 0) is 58.2 Å². The van der Waals surface area contributed by atoms with E-state index in [9.17, 15) is 27.9 Å². The summed E-state index contributed by atoms with van der Waals surface area (Å²) >= 11 is 1.15. The monoisotopic (exact) mass is 508 g/mol. The van der Waals surface area contributed by atoms with E-state index in [4.69, 9.17) is 0 Å². The van der Waals surface area contributed by atoms with Crippen molar-refractivity contribution in [3.8, 4) is 0 Å². The van der Waals surface area contributed by atoms with Crippen LogP contribution < -0.4 is 10.6 Å². The van der Waals surface area contributed by atoms with Crippen LogP contribution in [0, 0.1) is 5.92 Å². The summed E-state index contributed by atoms with van der Waals surface area (Å²) in [6.07, 6.45) is -0.358. The molecule has 2 aromatic rings. The quantitative estimate of drug-likeness (QED) is 0.370. The number of halogens is 3. The molecule has 2 aliphatic rings. The third-order valence-corrected chi connectivity index (χ3v) is 7.35. The van der Waals surface area contributed by atoms with E-state index in [0.29, 0.717) is 46.8 Å². The van der Waals surface area contributed by atoms with Crippen LogP contribution in [0.5, 0.6) is 0 Å². The zero-order chi connectivity index (χ0) is 25.5. The smallest absolute Gasteiger partial charge is 0.416 e. The van der Waals surface area contributed by atoms with Crippen LogP contribution in [0.15, 0.2) is 40.4 Å². The molecule has 1 aliphatic carbocycles. The number of anilines is 3. The first-order valence-electron chi connectivity index (χ1n) is 11.3. The van der Waals surface area contributed by atoms with E-state index >= 15 is 0 Å². The van der Waals surface area contributed by atoms with Crippen LogP contribution >= 0.6 is 11.8 Å². The Hall–Kier alpha value is -2.95. The molecule has 0 radical (unpaired) electrons. The highest BCUT2D eigenvalue weighted by atomic mass is 32.2. The van der Waals surface area contributed by atoms with Gasteiger partial charge in [-0.25, -0.2) is 4.79 Å². The Kier molecular flexibility index (Phi) is 6.65. The molecule has 1 saturated carbocycles. The Morgan fingerprint density at radius 3 is 2.60 bits per heavy atom. The molecule has 1 aliphatic heterocycles. The van der Waals surface area contributed by atoms with Gasteiger partial charge in [-0.2, -0.15) is 13.2 Å². The number of rotatable bonds is 3. The standard InChI is InChI=1S/C24H27F3N4O3S/c1-23(2,3)31(22(33)34)15-6-4-5-13(9-15)21(32)30-17-10-14(24(25,26)27)11-18-20(17)29-16-7-8-28-12-19(16)35-18/h7-8,10-13,15,29H,4-6,9H2,1-3H3,(H,30,32)(H,33,34). The van der Waals surface area contributed by atoms with Crippen molar-refractivity contribution in [2.24, 2.45) is 5.92 Å². The van der Waals surface area contributed by atoms with Crippen molar-refractivity contribution in [2.45, 2.75) is 74.0 Å². The van der Waals surface area contributed by atoms with E-state index in [1.54, 1.807) is 39.2 Å². The van der Waals surface area contributed by atoms with Crippen molar-refractivity contribution in [2.75, 3.05) is 10.6 Å². The van der Waals surface area contributed by atoms with Crippen molar-refractivity contribution < 1.29 is 27.9 Å². The Balaban J connectivity index is 1.61. The van der Waals surface area contributed by atoms with Crippen molar-refractivity contribution >= 4 is 40.8 Å². The van der Waals surface area contributed by atoms with Crippen molar-refractivity contribution in [3.63, 3.8) is 0 Å². The molecule has 0 bridgehead atoms. The molecule has 0 spiro atoms. The number of pyridine rings is 1. The average Bonchev–Trinajstić information content (AvgIpc) is 2.76. The summed E-state index contributed by atoms with van der Waals surface area (Å²) in [7, 11) is 0. The Bertz CT molecular complexity index is 1150. The number of benzene rings is 1. The van der Waals surface area contributed by atoms with Gasteiger partial charge in [0.1, 0.15) is 0 Å². The first-order valence-corrected chi connectivity index (χ1v) is 12.1. The zero-order valence-corrected chi connectivity index (χ0v) is 20.4. The number of aromatic nitrogens is 1. The fourth-order valence-corrected chi connectivity index (χ4v) is 5.80. The zero-order valence-electron chi connectivity index (χ0n) is 19.6. The maximum Gasteiger partial charge on any atom is 0.416 e. The normalized spacial score (nSPS) is 19.7. The summed E-state index contributed by atoms with van der Waals surface area (Å²) < 4.78 is 40.9. The van der Waals surface area contributed by atoms with Crippen LogP contribution in [0.1, 0.15) is 52.0 Å². The molecular formula is C24H27F3N4O3S. The van der Waals surface area contributed by atoms with Gasteiger partial charge in [-0.3, -0.25) is 9.78 Å². The van der Waals surface area contributed by atoms with Gasteiger partial charge < -0.3 is 20.6 Å². The summed E-state index contributed by atoms with van der Waals surface area (Å²) in [5.74, 6) is -0.932. The molecule has 11 heteroatoms. The third kappa shape index (κ3) is 5.34. The molecule has 2 atom stereocenters. The average molecular weight is 509 g/mol. The van der Waals surface area contributed by atoms with Crippen molar-refractivity contribution in [3.05, 3.63) is 36.2 Å². The number of hydrogen-bond donors (Lipinski definition) is 3. The maximum atomic E-state index is 13.6. The largest absolute Gasteiger partial charge is 0.465 e. The molecule has 2 heterocycles. The number of carboxylic acid groups (broad SMARTS) is 1. The van der Waals surface area contributed by atoms with Gasteiger partial charge >= 0.3 is 12.3 Å². The lowest BCUT2D eigenvalue weighted by atomic mass is 9.83. The van der Waals surface area contributed by atoms with Crippen LogP contribution in [0.4, 0.5) is 35.0 Å². The van der Waals surface area contributed by atoms with Crippen LogP contribution in [-0.2, 0) is 11.0 Å². The molecule has 7 nitrogen and oxygen atoms in total. The van der Waals surface area contributed by atoms with Gasteiger partial charge in [0.25, 0.3) is 0 Å². The van der Waals surface area contributed by atoms with E-state index in [1.807, 2.05) is 0 Å².